The molecule has 0 unspecified atom stereocenters. The minimum absolute atomic E-state index is 0.0745. The maximum Gasteiger partial charge on any atom is 0.217 e. The molecule has 0 atom stereocenters. The van der Waals surface area contributed by atoms with Crippen LogP contribution in [0.15, 0.2) is 4.47 Å². The van der Waals surface area contributed by atoms with Crippen molar-refractivity contribution < 1.29 is 4.79 Å². The molecule has 5 nitrogen and oxygen atoms in total. The quantitative estimate of drug-likeness (QED) is 0.908. The first-order valence-corrected chi connectivity index (χ1v) is 8.00. The van der Waals surface area contributed by atoms with Crippen LogP contribution in [0.3, 0.4) is 0 Å². The number of piperidine rings is 1. The lowest BCUT2D eigenvalue weighted by atomic mass is 10.0. The summed E-state index contributed by atoms with van der Waals surface area (Å²) in [6.45, 7) is 6.66. The highest BCUT2D eigenvalue weighted by atomic mass is 79.9. The standard InChI is InChI=1S/C14H23BrN4O/c1-4-12-14(15)13(18(3)17-12)9-19-7-5-11(6-8-19)16-10(2)20/h11H,4-9H2,1-3H3,(H,16,20). The zero-order chi connectivity index (χ0) is 14.7. The van der Waals surface area contributed by atoms with Gasteiger partial charge in [-0.3, -0.25) is 14.4 Å². The first-order valence-electron chi connectivity index (χ1n) is 7.21. The molecule has 1 saturated heterocycles. The Labute approximate surface area is 128 Å². The van der Waals surface area contributed by atoms with Gasteiger partial charge in [-0.05, 0) is 35.2 Å². The van der Waals surface area contributed by atoms with E-state index in [0.717, 1.165) is 49.1 Å². The fourth-order valence-corrected chi connectivity index (χ4v) is 3.47. The molecule has 20 heavy (non-hydrogen) atoms. The summed E-state index contributed by atoms with van der Waals surface area (Å²) in [5.41, 5.74) is 2.36. The smallest absolute Gasteiger partial charge is 0.217 e. The Bertz CT molecular complexity index is 478. The molecule has 6 heteroatoms. The highest BCUT2D eigenvalue weighted by molar-refractivity contribution is 9.10. The number of carbonyl (C=O) groups is 1. The van der Waals surface area contributed by atoms with Gasteiger partial charge in [0.05, 0.1) is 15.9 Å². The van der Waals surface area contributed by atoms with Gasteiger partial charge >= 0.3 is 0 Å². The van der Waals surface area contributed by atoms with Gasteiger partial charge in [0.2, 0.25) is 5.91 Å². The largest absolute Gasteiger partial charge is 0.354 e. The van der Waals surface area contributed by atoms with E-state index in [1.54, 1.807) is 6.92 Å². The number of hydrogen-bond donors (Lipinski definition) is 1. The number of amides is 1. The van der Waals surface area contributed by atoms with Gasteiger partial charge in [-0.1, -0.05) is 6.92 Å². The van der Waals surface area contributed by atoms with E-state index >= 15 is 0 Å². The van der Waals surface area contributed by atoms with Crippen molar-refractivity contribution in [1.29, 1.82) is 0 Å². The molecule has 2 rings (SSSR count). The lowest BCUT2D eigenvalue weighted by Crippen LogP contribution is -2.43. The highest BCUT2D eigenvalue weighted by Gasteiger charge is 2.22. The second-order valence-corrected chi connectivity index (χ2v) is 6.23. The first-order chi connectivity index (χ1) is 9.51. The lowest BCUT2D eigenvalue weighted by Gasteiger charge is -2.32. The maximum atomic E-state index is 11.1. The van der Waals surface area contributed by atoms with E-state index in [1.807, 2.05) is 11.7 Å². The zero-order valence-corrected chi connectivity index (χ0v) is 14.0. The van der Waals surface area contributed by atoms with Crippen LogP contribution >= 0.6 is 15.9 Å². The normalized spacial score (nSPS) is 17.4. The number of carbonyl (C=O) groups excluding carboxylic acids is 1. The van der Waals surface area contributed by atoms with Crippen molar-refractivity contribution in [2.24, 2.45) is 7.05 Å². The Hall–Kier alpha value is -0.880. The minimum atomic E-state index is 0.0745. The molecule has 0 spiro atoms. The van der Waals surface area contributed by atoms with Gasteiger partial charge in [-0.2, -0.15) is 5.10 Å². The molecular formula is C14H23BrN4O. The lowest BCUT2D eigenvalue weighted by molar-refractivity contribution is -0.119. The number of nitrogens with one attached hydrogen (secondary N) is 1. The monoisotopic (exact) mass is 342 g/mol. The molecule has 0 bridgehead atoms. The van der Waals surface area contributed by atoms with Crippen LogP contribution in [0, 0.1) is 0 Å². The molecule has 1 aromatic rings. The Morgan fingerprint density at radius 3 is 2.60 bits per heavy atom. The third kappa shape index (κ3) is 3.61. The van der Waals surface area contributed by atoms with Gasteiger partial charge in [0, 0.05) is 39.6 Å². The van der Waals surface area contributed by atoms with Crippen LogP contribution in [-0.4, -0.2) is 39.7 Å². The van der Waals surface area contributed by atoms with Gasteiger partial charge in [0.1, 0.15) is 0 Å². The van der Waals surface area contributed by atoms with E-state index in [0.29, 0.717) is 6.04 Å². The van der Waals surface area contributed by atoms with Gasteiger partial charge in [0.25, 0.3) is 0 Å². The van der Waals surface area contributed by atoms with Crippen LogP contribution in [0.4, 0.5) is 0 Å². The summed E-state index contributed by atoms with van der Waals surface area (Å²) in [5.74, 6) is 0.0745. The molecule has 0 aliphatic carbocycles. The van der Waals surface area contributed by atoms with Crippen LogP contribution in [0.25, 0.3) is 0 Å². The molecule has 1 N–H and O–H groups in total. The van der Waals surface area contributed by atoms with Crippen LogP contribution in [-0.2, 0) is 24.8 Å². The van der Waals surface area contributed by atoms with E-state index in [2.05, 4.69) is 38.2 Å². The van der Waals surface area contributed by atoms with Crippen molar-refractivity contribution in [2.45, 2.75) is 45.7 Å². The van der Waals surface area contributed by atoms with Gasteiger partial charge in [-0.25, -0.2) is 0 Å². The third-order valence-electron chi connectivity index (χ3n) is 3.87. The SMILES string of the molecule is CCc1nn(C)c(CN2CCC(NC(C)=O)CC2)c1Br. The summed E-state index contributed by atoms with van der Waals surface area (Å²) in [6, 6.07) is 0.338. The van der Waals surface area contributed by atoms with E-state index in [9.17, 15) is 4.79 Å². The third-order valence-corrected chi connectivity index (χ3v) is 4.79. The fraction of sp³-hybridized carbons (Fsp3) is 0.714. The van der Waals surface area contributed by atoms with Crippen molar-refractivity contribution in [3.05, 3.63) is 15.9 Å². The van der Waals surface area contributed by atoms with Gasteiger partial charge in [-0.15, -0.1) is 0 Å². The predicted octanol–water partition coefficient (Wildman–Crippen LogP) is 1.85. The van der Waals surface area contributed by atoms with Crippen LogP contribution in [0.1, 0.15) is 38.1 Å². The number of likely N-dealkylation sites (tertiary alicyclic amines) is 1. The van der Waals surface area contributed by atoms with Crippen LogP contribution in [0.5, 0.6) is 0 Å². The summed E-state index contributed by atoms with van der Waals surface area (Å²) in [6.07, 6.45) is 2.99. The molecule has 1 aromatic heterocycles. The van der Waals surface area contributed by atoms with Gasteiger partial charge in [0.15, 0.2) is 0 Å². The Balaban J connectivity index is 1.93. The molecule has 1 fully saturated rings. The maximum absolute atomic E-state index is 11.1. The summed E-state index contributed by atoms with van der Waals surface area (Å²) in [7, 11) is 2.00. The molecule has 112 valence electrons. The second kappa shape index (κ2) is 6.72. The van der Waals surface area contributed by atoms with Crippen LogP contribution in [0.2, 0.25) is 0 Å². The van der Waals surface area contributed by atoms with E-state index in [-0.39, 0.29) is 5.91 Å². The zero-order valence-electron chi connectivity index (χ0n) is 12.4. The summed E-state index contributed by atoms with van der Waals surface area (Å²) < 4.78 is 3.12. The van der Waals surface area contributed by atoms with Crippen LogP contribution < -0.4 is 5.32 Å². The molecule has 1 amide bonds. The molecular weight excluding hydrogens is 320 g/mol. The highest BCUT2D eigenvalue weighted by Crippen LogP contribution is 2.24. The Kier molecular flexibility index (Phi) is 5.21. The summed E-state index contributed by atoms with van der Waals surface area (Å²) in [4.78, 5) is 13.5. The van der Waals surface area contributed by atoms with E-state index < -0.39 is 0 Å². The number of aryl methyl sites for hydroxylation is 2. The number of hydrogen-bond acceptors (Lipinski definition) is 3. The molecule has 1 aliphatic rings. The van der Waals surface area contributed by atoms with Crippen molar-refractivity contribution in [3.8, 4) is 0 Å². The fourth-order valence-electron chi connectivity index (χ4n) is 2.73. The molecule has 1 aliphatic heterocycles. The average molecular weight is 343 g/mol. The number of nitrogens with zero attached hydrogens (tertiary/aromatic N) is 3. The second-order valence-electron chi connectivity index (χ2n) is 5.44. The topological polar surface area (TPSA) is 50.2 Å². The Morgan fingerprint density at radius 1 is 1.45 bits per heavy atom. The van der Waals surface area contributed by atoms with Crippen molar-refractivity contribution in [1.82, 2.24) is 20.0 Å². The van der Waals surface area contributed by atoms with Crippen molar-refractivity contribution in [2.75, 3.05) is 13.1 Å². The minimum Gasteiger partial charge on any atom is -0.354 e. The number of rotatable bonds is 4. The molecule has 0 radical (unpaired) electrons. The molecule has 0 saturated carbocycles. The summed E-state index contributed by atoms with van der Waals surface area (Å²) in [5, 5.41) is 7.54. The number of aromatic nitrogens is 2. The first kappa shape index (κ1) is 15.5. The van der Waals surface area contributed by atoms with Crippen molar-refractivity contribution >= 4 is 21.8 Å². The van der Waals surface area contributed by atoms with E-state index in [1.165, 1.54) is 5.69 Å². The van der Waals surface area contributed by atoms with Crippen molar-refractivity contribution in [3.63, 3.8) is 0 Å². The molecule has 2 heterocycles. The Morgan fingerprint density at radius 2 is 2.10 bits per heavy atom. The number of halogens is 1. The predicted molar refractivity (Wildman–Crippen MR) is 82.4 cm³/mol. The van der Waals surface area contributed by atoms with E-state index in [4.69, 9.17) is 0 Å². The van der Waals surface area contributed by atoms with Gasteiger partial charge < -0.3 is 5.32 Å². The average Bonchev–Trinajstić information content (AvgIpc) is 2.67. The molecule has 0 aromatic carbocycles. The summed E-state index contributed by atoms with van der Waals surface area (Å²) >= 11 is 3.67.